The zero-order valence-electron chi connectivity index (χ0n) is 6.81. The van der Waals surface area contributed by atoms with Crippen molar-refractivity contribution in [3.05, 3.63) is 0 Å². The van der Waals surface area contributed by atoms with E-state index in [0.717, 1.165) is 0 Å². The number of hydroxylamine groups is 1. The topological polar surface area (TPSA) is 21.3 Å². The van der Waals surface area contributed by atoms with Gasteiger partial charge in [0.2, 0.25) is 0 Å². The minimum atomic E-state index is 0.263. The SMILES string of the molecule is CONC1(C(C)C)CSC1. The van der Waals surface area contributed by atoms with Gasteiger partial charge in [0.05, 0.1) is 12.6 Å². The van der Waals surface area contributed by atoms with Crippen molar-refractivity contribution in [1.82, 2.24) is 5.48 Å². The first-order chi connectivity index (χ1) is 4.71. The van der Waals surface area contributed by atoms with E-state index in [-0.39, 0.29) is 5.54 Å². The summed E-state index contributed by atoms with van der Waals surface area (Å²) in [6.07, 6.45) is 0. The maximum atomic E-state index is 4.95. The summed E-state index contributed by atoms with van der Waals surface area (Å²) in [6.45, 7) is 4.46. The second-order valence-electron chi connectivity index (χ2n) is 3.11. The van der Waals surface area contributed by atoms with Crippen LogP contribution in [0.3, 0.4) is 0 Å². The highest BCUT2D eigenvalue weighted by Crippen LogP contribution is 2.35. The third-order valence-corrected chi connectivity index (χ3v) is 3.57. The molecule has 1 heterocycles. The molecule has 0 aromatic heterocycles. The van der Waals surface area contributed by atoms with Crippen LogP contribution in [0.4, 0.5) is 0 Å². The van der Waals surface area contributed by atoms with Crippen LogP contribution in [0, 0.1) is 5.92 Å². The highest BCUT2D eigenvalue weighted by Gasteiger charge is 2.40. The summed E-state index contributed by atoms with van der Waals surface area (Å²) >= 11 is 1.97. The summed E-state index contributed by atoms with van der Waals surface area (Å²) in [7, 11) is 1.69. The molecule has 0 aliphatic carbocycles. The molecule has 0 radical (unpaired) electrons. The molecule has 0 bridgehead atoms. The molecule has 2 nitrogen and oxygen atoms in total. The van der Waals surface area contributed by atoms with Crippen LogP contribution >= 0.6 is 11.8 Å². The Morgan fingerprint density at radius 3 is 2.20 bits per heavy atom. The minimum absolute atomic E-state index is 0.263. The Morgan fingerprint density at radius 2 is 2.10 bits per heavy atom. The van der Waals surface area contributed by atoms with E-state index in [4.69, 9.17) is 4.84 Å². The van der Waals surface area contributed by atoms with Gasteiger partial charge < -0.3 is 4.84 Å². The second-order valence-corrected chi connectivity index (χ2v) is 4.10. The average molecular weight is 161 g/mol. The van der Waals surface area contributed by atoms with Gasteiger partial charge in [0.25, 0.3) is 0 Å². The van der Waals surface area contributed by atoms with Gasteiger partial charge in [-0.2, -0.15) is 17.2 Å². The first kappa shape index (κ1) is 8.37. The standard InChI is InChI=1S/C7H15NOS/c1-6(2)7(8-9-3)4-10-5-7/h6,8H,4-5H2,1-3H3. The molecule has 0 atom stereocenters. The van der Waals surface area contributed by atoms with Crippen LogP contribution in [0.15, 0.2) is 0 Å². The van der Waals surface area contributed by atoms with Gasteiger partial charge in [-0.05, 0) is 5.92 Å². The van der Waals surface area contributed by atoms with Crippen molar-refractivity contribution in [2.45, 2.75) is 19.4 Å². The minimum Gasteiger partial charge on any atom is -0.305 e. The Balaban J connectivity index is 2.42. The number of rotatable bonds is 3. The monoisotopic (exact) mass is 161 g/mol. The molecule has 0 aromatic rings. The van der Waals surface area contributed by atoms with Gasteiger partial charge in [-0.15, -0.1) is 0 Å². The maximum Gasteiger partial charge on any atom is 0.0635 e. The Hall–Kier alpha value is 0.270. The summed E-state index contributed by atoms with van der Waals surface area (Å²) < 4.78 is 0. The van der Waals surface area contributed by atoms with Crippen molar-refractivity contribution >= 4 is 11.8 Å². The van der Waals surface area contributed by atoms with Crippen LogP contribution in [-0.2, 0) is 4.84 Å². The number of nitrogens with one attached hydrogen (secondary N) is 1. The summed E-state index contributed by atoms with van der Waals surface area (Å²) in [4.78, 5) is 4.95. The molecule has 10 heavy (non-hydrogen) atoms. The zero-order valence-corrected chi connectivity index (χ0v) is 7.62. The van der Waals surface area contributed by atoms with Crippen molar-refractivity contribution in [3.8, 4) is 0 Å². The highest BCUT2D eigenvalue weighted by molar-refractivity contribution is 8.00. The fourth-order valence-electron chi connectivity index (χ4n) is 1.04. The Bertz CT molecular complexity index is 112. The lowest BCUT2D eigenvalue weighted by atomic mass is 9.90. The van der Waals surface area contributed by atoms with Gasteiger partial charge in [0.15, 0.2) is 0 Å². The molecule has 1 aliphatic rings. The van der Waals surface area contributed by atoms with Crippen LogP contribution in [0.5, 0.6) is 0 Å². The van der Waals surface area contributed by atoms with E-state index in [1.807, 2.05) is 11.8 Å². The average Bonchev–Trinajstić information content (AvgIpc) is 1.77. The summed E-state index contributed by atoms with van der Waals surface area (Å²) in [6, 6.07) is 0. The van der Waals surface area contributed by atoms with Gasteiger partial charge in [0.1, 0.15) is 0 Å². The lowest BCUT2D eigenvalue weighted by Crippen LogP contribution is -2.59. The van der Waals surface area contributed by atoms with E-state index in [9.17, 15) is 0 Å². The molecule has 0 amide bonds. The Morgan fingerprint density at radius 1 is 1.50 bits per heavy atom. The van der Waals surface area contributed by atoms with E-state index in [2.05, 4.69) is 19.3 Å². The number of thioether (sulfide) groups is 1. The highest BCUT2D eigenvalue weighted by atomic mass is 32.2. The smallest absolute Gasteiger partial charge is 0.0635 e. The van der Waals surface area contributed by atoms with Crippen molar-refractivity contribution in [2.24, 2.45) is 5.92 Å². The quantitative estimate of drug-likeness (QED) is 0.630. The Labute approximate surface area is 66.7 Å². The molecule has 0 spiro atoms. The second kappa shape index (κ2) is 3.11. The van der Waals surface area contributed by atoms with Gasteiger partial charge >= 0.3 is 0 Å². The molecule has 0 aromatic carbocycles. The van der Waals surface area contributed by atoms with Gasteiger partial charge in [-0.1, -0.05) is 13.8 Å². The Kier molecular flexibility index (Phi) is 2.61. The molecule has 60 valence electrons. The van der Waals surface area contributed by atoms with Crippen LogP contribution in [0.25, 0.3) is 0 Å². The zero-order chi connectivity index (χ0) is 7.61. The normalized spacial score (nSPS) is 22.8. The molecule has 1 aliphatic heterocycles. The summed E-state index contributed by atoms with van der Waals surface area (Å²) in [5.41, 5.74) is 3.34. The first-order valence-corrected chi connectivity index (χ1v) is 4.74. The molecular formula is C7H15NOS. The van der Waals surface area contributed by atoms with Crippen LogP contribution in [0.1, 0.15) is 13.8 Å². The van der Waals surface area contributed by atoms with Gasteiger partial charge in [-0.25, -0.2) is 0 Å². The lowest BCUT2D eigenvalue weighted by Gasteiger charge is -2.44. The third kappa shape index (κ3) is 1.31. The van der Waals surface area contributed by atoms with Crippen molar-refractivity contribution in [2.75, 3.05) is 18.6 Å². The van der Waals surface area contributed by atoms with E-state index in [0.29, 0.717) is 5.92 Å². The fourth-order valence-corrected chi connectivity index (χ4v) is 2.46. The molecule has 1 fully saturated rings. The predicted molar refractivity (Wildman–Crippen MR) is 45.0 cm³/mol. The van der Waals surface area contributed by atoms with Crippen molar-refractivity contribution in [1.29, 1.82) is 0 Å². The molecule has 0 saturated carbocycles. The van der Waals surface area contributed by atoms with E-state index >= 15 is 0 Å². The lowest BCUT2D eigenvalue weighted by molar-refractivity contribution is 0.00726. The summed E-state index contributed by atoms with van der Waals surface area (Å²) in [5.74, 6) is 3.02. The molecule has 1 rings (SSSR count). The number of hydrogen-bond donors (Lipinski definition) is 1. The fraction of sp³-hybridized carbons (Fsp3) is 1.00. The van der Waals surface area contributed by atoms with Gasteiger partial charge in [0, 0.05) is 11.5 Å². The first-order valence-electron chi connectivity index (χ1n) is 3.59. The van der Waals surface area contributed by atoms with Gasteiger partial charge in [-0.3, -0.25) is 0 Å². The predicted octanol–water partition coefficient (Wildman–Crippen LogP) is 1.28. The molecule has 0 unspecified atom stereocenters. The largest absolute Gasteiger partial charge is 0.305 e. The van der Waals surface area contributed by atoms with E-state index in [1.54, 1.807) is 7.11 Å². The summed E-state index contributed by atoms with van der Waals surface area (Å²) in [5, 5.41) is 0. The van der Waals surface area contributed by atoms with Crippen molar-refractivity contribution < 1.29 is 4.84 Å². The molecule has 3 heteroatoms. The number of hydrogen-bond acceptors (Lipinski definition) is 3. The van der Waals surface area contributed by atoms with Crippen LogP contribution in [0.2, 0.25) is 0 Å². The molecular weight excluding hydrogens is 146 g/mol. The third-order valence-electron chi connectivity index (χ3n) is 2.13. The van der Waals surface area contributed by atoms with E-state index < -0.39 is 0 Å². The maximum absolute atomic E-state index is 4.95. The van der Waals surface area contributed by atoms with Crippen LogP contribution in [-0.4, -0.2) is 24.2 Å². The van der Waals surface area contributed by atoms with Crippen molar-refractivity contribution in [3.63, 3.8) is 0 Å². The van der Waals surface area contributed by atoms with Crippen LogP contribution < -0.4 is 5.48 Å². The molecule has 1 saturated heterocycles. The molecule has 1 N–H and O–H groups in total. The van der Waals surface area contributed by atoms with E-state index in [1.165, 1.54) is 11.5 Å².